The number of halogens is 1. The van der Waals surface area contributed by atoms with Gasteiger partial charge in [-0.3, -0.25) is 4.98 Å². The molecular formula is C10H14BrNO2. The summed E-state index contributed by atoms with van der Waals surface area (Å²) in [6.07, 6.45) is 3.13. The van der Waals surface area contributed by atoms with Crippen molar-refractivity contribution in [2.75, 3.05) is 7.11 Å². The zero-order valence-corrected chi connectivity index (χ0v) is 10.4. The van der Waals surface area contributed by atoms with E-state index in [9.17, 15) is 4.79 Å². The normalized spacial score (nSPS) is 8.64. The fraction of sp³-hybridized carbons (Fsp3) is 0.400. The molecule has 0 amide bonds. The topological polar surface area (TPSA) is 39.2 Å². The fourth-order valence-electron chi connectivity index (χ4n) is 0.815. The number of esters is 1. The van der Waals surface area contributed by atoms with Crippen molar-refractivity contribution >= 4 is 21.9 Å². The molecule has 0 aliphatic heterocycles. The van der Waals surface area contributed by atoms with Crippen molar-refractivity contribution in [1.82, 2.24) is 4.98 Å². The first-order valence-electron chi connectivity index (χ1n) is 4.35. The molecule has 1 aromatic heterocycles. The monoisotopic (exact) mass is 259 g/mol. The van der Waals surface area contributed by atoms with Gasteiger partial charge in [-0.15, -0.1) is 0 Å². The van der Waals surface area contributed by atoms with Crippen LogP contribution in [0.4, 0.5) is 0 Å². The second kappa shape index (κ2) is 6.54. The van der Waals surface area contributed by atoms with Gasteiger partial charge in [-0.1, -0.05) is 13.8 Å². The van der Waals surface area contributed by atoms with Gasteiger partial charge in [0.1, 0.15) is 0 Å². The number of rotatable bonds is 1. The highest BCUT2D eigenvalue weighted by Gasteiger charge is 2.10. The van der Waals surface area contributed by atoms with E-state index < -0.39 is 0 Å². The molecular weight excluding hydrogens is 246 g/mol. The van der Waals surface area contributed by atoms with Gasteiger partial charge in [-0.05, 0) is 28.4 Å². The molecule has 1 heterocycles. The molecule has 4 heteroatoms. The lowest BCUT2D eigenvalue weighted by atomic mass is 10.2. The lowest BCUT2D eigenvalue weighted by Crippen LogP contribution is -2.04. The number of hydrogen-bond donors (Lipinski definition) is 0. The van der Waals surface area contributed by atoms with Crippen LogP contribution in [-0.2, 0) is 4.74 Å². The number of aromatic nitrogens is 1. The van der Waals surface area contributed by atoms with Crippen molar-refractivity contribution in [3.8, 4) is 0 Å². The number of hydrogen-bond acceptors (Lipinski definition) is 3. The molecule has 78 valence electrons. The molecule has 14 heavy (non-hydrogen) atoms. The van der Waals surface area contributed by atoms with Crippen molar-refractivity contribution in [1.29, 1.82) is 0 Å². The van der Waals surface area contributed by atoms with E-state index in [-0.39, 0.29) is 5.97 Å². The Bertz CT molecular complexity index is 313. The maximum atomic E-state index is 11.1. The van der Waals surface area contributed by atoms with E-state index in [0.717, 1.165) is 10.0 Å². The molecule has 0 bridgehead atoms. The molecule has 0 aromatic carbocycles. The van der Waals surface area contributed by atoms with E-state index in [1.807, 2.05) is 20.8 Å². The fourth-order valence-corrected chi connectivity index (χ4v) is 1.15. The maximum Gasteiger partial charge on any atom is 0.339 e. The summed E-state index contributed by atoms with van der Waals surface area (Å²) in [7, 11) is 1.35. The molecule has 0 saturated carbocycles. The summed E-state index contributed by atoms with van der Waals surface area (Å²) in [5, 5.41) is 0. The summed E-state index contributed by atoms with van der Waals surface area (Å²) < 4.78 is 5.38. The zero-order valence-electron chi connectivity index (χ0n) is 8.80. The van der Waals surface area contributed by atoms with Gasteiger partial charge in [0.25, 0.3) is 0 Å². The Morgan fingerprint density at radius 3 is 2.50 bits per heavy atom. The molecule has 1 aromatic rings. The summed E-state index contributed by atoms with van der Waals surface area (Å²) in [4.78, 5) is 15.0. The Morgan fingerprint density at radius 2 is 2.00 bits per heavy atom. The van der Waals surface area contributed by atoms with E-state index >= 15 is 0 Å². The van der Waals surface area contributed by atoms with Crippen LogP contribution in [0.1, 0.15) is 29.8 Å². The van der Waals surface area contributed by atoms with Gasteiger partial charge in [0, 0.05) is 16.9 Å². The Morgan fingerprint density at radius 1 is 1.43 bits per heavy atom. The molecule has 0 N–H and O–H groups in total. The standard InChI is InChI=1S/C8H8BrNO2.C2H6/c1-5-6(8(11)12-2)3-10-4-7(5)9;1-2/h3-4H,1-2H3;1-2H3. The van der Waals surface area contributed by atoms with Crippen LogP contribution in [0.2, 0.25) is 0 Å². The first-order chi connectivity index (χ1) is 6.66. The van der Waals surface area contributed by atoms with Crippen molar-refractivity contribution in [3.63, 3.8) is 0 Å². The molecule has 0 saturated heterocycles. The van der Waals surface area contributed by atoms with Crippen LogP contribution in [0.3, 0.4) is 0 Å². The third-order valence-corrected chi connectivity index (χ3v) is 2.36. The van der Waals surface area contributed by atoms with Crippen LogP contribution in [0.15, 0.2) is 16.9 Å². The molecule has 0 radical (unpaired) electrons. The number of methoxy groups -OCH3 is 1. The average Bonchev–Trinajstić information content (AvgIpc) is 2.24. The van der Waals surface area contributed by atoms with Gasteiger partial charge in [0.15, 0.2) is 0 Å². The first kappa shape index (κ1) is 13.1. The second-order valence-corrected chi connectivity index (χ2v) is 3.14. The van der Waals surface area contributed by atoms with Crippen molar-refractivity contribution in [2.24, 2.45) is 0 Å². The Hall–Kier alpha value is -0.900. The van der Waals surface area contributed by atoms with Crippen LogP contribution >= 0.6 is 15.9 Å². The van der Waals surface area contributed by atoms with Crippen LogP contribution < -0.4 is 0 Å². The molecule has 0 aliphatic carbocycles. The largest absolute Gasteiger partial charge is 0.465 e. The average molecular weight is 260 g/mol. The molecule has 3 nitrogen and oxygen atoms in total. The van der Waals surface area contributed by atoms with E-state index in [2.05, 4.69) is 25.7 Å². The number of pyridine rings is 1. The highest BCUT2D eigenvalue weighted by Crippen LogP contribution is 2.18. The maximum absolute atomic E-state index is 11.1. The molecule has 1 rings (SSSR count). The third kappa shape index (κ3) is 3.10. The van der Waals surface area contributed by atoms with Crippen molar-refractivity contribution < 1.29 is 9.53 Å². The van der Waals surface area contributed by atoms with Gasteiger partial charge < -0.3 is 4.74 Å². The molecule has 0 aliphatic rings. The number of nitrogens with zero attached hydrogens (tertiary/aromatic N) is 1. The van der Waals surface area contributed by atoms with Gasteiger partial charge >= 0.3 is 5.97 Å². The second-order valence-electron chi connectivity index (χ2n) is 2.29. The molecule has 0 spiro atoms. The summed E-state index contributed by atoms with van der Waals surface area (Å²) in [5.74, 6) is -0.360. The van der Waals surface area contributed by atoms with Gasteiger partial charge in [-0.2, -0.15) is 0 Å². The van der Waals surface area contributed by atoms with Crippen LogP contribution in [0.5, 0.6) is 0 Å². The summed E-state index contributed by atoms with van der Waals surface area (Å²) in [6.45, 7) is 5.83. The summed E-state index contributed by atoms with van der Waals surface area (Å²) in [5.41, 5.74) is 1.34. The van der Waals surface area contributed by atoms with E-state index in [1.165, 1.54) is 13.3 Å². The third-order valence-electron chi connectivity index (χ3n) is 1.56. The van der Waals surface area contributed by atoms with E-state index in [0.29, 0.717) is 5.56 Å². The Labute approximate surface area is 92.6 Å². The van der Waals surface area contributed by atoms with Gasteiger partial charge in [-0.25, -0.2) is 4.79 Å². The number of carbonyl (C=O) groups is 1. The van der Waals surface area contributed by atoms with Crippen LogP contribution in [-0.4, -0.2) is 18.1 Å². The van der Waals surface area contributed by atoms with Gasteiger partial charge in [0.2, 0.25) is 0 Å². The van der Waals surface area contributed by atoms with Gasteiger partial charge in [0.05, 0.1) is 12.7 Å². The zero-order chi connectivity index (χ0) is 11.1. The van der Waals surface area contributed by atoms with Crippen molar-refractivity contribution in [3.05, 3.63) is 28.0 Å². The quantitative estimate of drug-likeness (QED) is 0.729. The van der Waals surface area contributed by atoms with E-state index in [4.69, 9.17) is 0 Å². The van der Waals surface area contributed by atoms with Crippen LogP contribution in [0, 0.1) is 6.92 Å². The number of carbonyl (C=O) groups excluding carboxylic acids is 1. The molecule has 0 fully saturated rings. The minimum atomic E-state index is -0.360. The summed E-state index contributed by atoms with van der Waals surface area (Å²) >= 11 is 3.27. The predicted molar refractivity (Wildman–Crippen MR) is 59.4 cm³/mol. The smallest absolute Gasteiger partial charge is 0.339 e. The number of ether oxygens (including phenoxy) is 1. The van der Waals surface area contributed by atoms with E-state index in [1.54, 1.807) is 6.20 Å². The van der Waals surface area contributed by atoms with Crippen molar-refractivity contribution in [2.45, 2.75) is 20.8 Å². The predicted octanol–water partition coefficient (Wildman–Crippen LogP) is 2.97. The SMILES string of the molecule is CC.COC(=O)c1cncc(Br)c1C. The highest BCUT2D eigenvalue weighted by molar-refractivity contribution is 9.10. The minimum absolute atomic E-state index is 0.360. The minimum Gasteiger partial charge on any atom is -0.465 e. The first-order valence-corrected chi connectivity index (χ1v) is 5.14. The lowest BCUT2D eigenvalue weighted by Gasteiger charge is -2.03. The highest BCUT2D eigenvalue weighted by atomic mass is 79.9. The summed E-state index contributed by atoms with van der Waals surface area (Å²) in [6, 6.07) is 0. The van der Waals surface area contributed by atoms with Crippen LogP contribution in [0.25, 0.3) is 0 Å². The lowest BCUT2D eigenvalue weighted by molar-refractivity contribution is 0.0599. The Kier molecular flexibility index (Phi) is 6.12. The molecule has 0 atom stereocenters. The molecule has 0 unspecified atom stereocenters. The Balaban J connectivity index is 0.000000791.